The summed E-state index contributed by atoms with van der Waals surface area (Å²) >= 11 is 0. The SMILES string of the molecule is CS(=O)(=O)CCC(N)c1nc(-c2c[nH]c(=O)[nH]c2=O)no1. The first-order chi connectivity index (χ1) is 9.76. The number of rotatable bonds is 5. The van der Waals surface area contributed by atoms with Gasteiger partial charge in [0.25, 0.3) is 5.56 Å². The summed E-state index contributed by atoms with van der Waals surface area (Å²) in [6.45, 7) is 0. The van der Waals surface area contributed by atoms with Crippen LogP contribution in [0, 0.1) is 0 Å². The molecule has 11 heteroatoms. The zero-order chi connectivity index (χ0) is 15.6. The standard InChI is InChI=1S/C10H13N5O5S/c1-21(18,19)3-2-6(11)9-13-7(15-20-9)5-4-12-10(17)14-8(5)16/h4,6H,2-3,11H2,1H3,(H2,12,14,16,17). The third-order valence-corrected chi connectivity index (χ3v) is 3.60. The van der Waals surface area contributed by atoms with E-state index in [0.717, 1.165) is 12.5 Å². The summed E-state index contributed by atoms with van der Waals surface area (Å²) in [4.78, 5) is 30.7. The lowest BCUT2D eigenvalue weighted by Gasteiger charge is -2.04. The van der Waals surface area contributed by atoms with Gasteiger partial charge in [-0.3, -0.25) is 9.78 Å². The molecule has 0 saturated carbocycles. The van der Waals surface area contributed by atoms with Crippen LogP contribution in [0.1, 0.15) is 18.4 Å². The Kier molecular flexibility index (Phi) is 4.04. The topological polar surface area (TPSA) is 165 Å². The quantitative estimate of drug-likeness (QED) is 0.602. The number of nitrogens with zero attached hydrogens (tertiary/aromatic N) is 2. The van der Waals surface area contributed by atoms with Gasteiger partial charge in [-0.05, 0) is 6.42 Å². The zero-order valence-corrected chi connectivity index (χ0v) is 11.8. The highest BCUT2D eigenvalue weighted by atomic mass is 32.2. The van der Waals surface area contributed by atoms with Crippen LogP contribution in [0.15, 0.2) is 20.3 Å². The van der Waals surface area contributed by atoms with Crippen LogP contribution < -0.4 is 17.0 Å². The molecule has 0 aromatic carbocycles. The Hall–Kier alpha value is -2.27. The second-order valence-corrected chi connectivity index (χ2v) is 6.73. The molecule has 0 saturated heterocycles. The second kappa shape index (κ2) is 5.61. The number of hydrogen-bond acceptors (Lipinski definition) is 8. The monoisotopic (exact) mass is 315 g/mol. The maximum atomic E-state index is 11.6. The van der Waals surface area contributed by atoms with Gasteiger partial charge in [0.15, 0.2) is 0 Å². The molecule has 10 nitrogen and oxygen atoms in total. The molecule has 1 atom stereocenters. The molecule has 1 unspecified atom stereocenters. The predicted molar refractivity (Wildman–Crippen MR) is 72.2 cm³/mol. The lowest BCUT2D eigenvalue weighted by molar-refractivity contribution is 0.352. The lowest BCUT2D eigenvalue weighted by atomic mass is 10.2. The first kappa shape index (κ1) is 15.1. The van der Waals surface area contributed by atoms with Crippen molar-refractivity contribution in [1.29, 1.82) is 0 Å². The van der Waals surface area contributed by atoms with Crippen molar-refractivity contribution in [2.75, 3.05) is 12.0 Å². The fraction of sp³-hybridized carbons (Fsp3) is 0.400. The second-order valence-electron chi connectivity index (χ2n) is 4.47. The maximum absolute atomic E-state index is 11.6. The van der Waals surface area contributed by atoms with Crippen LogP contribution in [0.4, 0.5) is 0 Å². The largest absolute Gasteiger partial charge is 0.337 e. The molecule has 0 radical (unpaired) electrons. The van der Waals surface area contributed by atoms with Gasteiger partial charge in [-0.1, -0.05) is 5.16 Å². The number of nitrogens with two attached hydrogens (primary N) is 1. The molecule has 2 aromatic rings. The Morgan fingerprint density at radius 3 is 2.76 bits per heavy atom. The highest BCUT2D eigenvalue weighted by Crippen LogP contribution is 2.16. The van der Waals surface area contributed by atoms with Crippen molar-refractivity contribution >= 4 is 9.84 Å². The normalized spacial score (nSPS) is 13.2. The van der Waals surface area contributed by atoms with E-state index in [1.54, 1.807) is 0 Å². The number of H-pyrrole nitrogens is 2. The van der Waals surface area contributed by atoms with E-state index in [9.17, 15) is 18.0 Å². The van der Waals surface area contributed by atoms with E-state index < -0.39 is 27.1 Å². The molecule has 2 heterocycles. The van der Waals surface area contributed by atoms with Gasteiger partial charge in [-0.25, -0.2) is 13.2 Å². The third kappa shape index (κ3) is 3.86. The average molecular weight is 315 g/mol. The average Bonchev–Trinajstić information content (AvgIpc) is 2.84. The summed E-state index contributed by atoms with van der Waals surface area (Å²) in [6.07, 6.45) is 2.36. The highest BCUT2D eigenvalue weighted by molar-refractivity contribution is 7.90. The summed E-state index contributed by atoms with van der Waals surface area (Å²) in [5.74, 6) is -0.151. The number of aromatic amines is 2. The molecule has 0 aliphatic heterocycles. The van der Waals surface area contributed by atoms with Gasteiger partial charge in [0.05, 0.1) is 11.8 Å². The van der Waals surface area contributed by atoms with E-state index in [2.05, 4.69) is 15.1 Å². The van der Waals surface area contributed by atoms with Gasteiger partial charge >= 0.3 is 5.69 Å². The summed E-state index contributed by atoms with van der Waals surface area (Å²) in [7, 11) is -3.15. The summed E-state index contributed by atoms with van der Waals surface area (Å²) in [5, 5.41) is 3.58. The van der Waals surface area contributed by atoms with E-state index >= 15 is 0 Å². The fourth-order valence-corrected chi connectivity index (χ4v) is 2.22. The van der Waals surface area contributed by atoms with E-state index in [1.165, 1.54) is 0 Å². The predicted octanol–water partition coefficient (Wildman–Crippen LogP) is -1.45. The molecule has 21 heavy (non-hydrogen) atoms. The molecule has 0 amide bonds. The minimum absolute atomic E-state index is 0.0132. The highest BCUT2D eigenvalue weighted by Gasteiger charge is 2.19. The van der Waals surface area contributed by atoms with Gasteiger partial charge in [0, 0.05) is 12.5 Å². The lowest BCUT2D eigenvalue weighted by Crippen LogP contribution is -2.22. The van der Waals surface area contributed by atoms with Crippen LogP contribution in [0.3, 0.4) is 0 Å². The molecule has 0 aliphatic carbocycles. The molecular weight excluding hydrogens is 302 g/mol. The van der Waals surface area contributed by atoms with E-state index in [0.29, 0.717) is 0 Å². The first-order valence-electron chi connectivity index (χ1n) is 5.85. The minimum atomic E-state index is -3.15. The third-order valence-electron chi connectivity index (χ3n) is 2.62. The van der Waals surface area contributed by atoms with Crippen LogP contribution in [0.5, 0.6) is 0 Å². The zero-order valence-electron chi connectivity index (χ0n) is 11.0. The summed E-state index contributed by atoms with van der Waals surface area (Å²) < 4.78 is 27.0. The molecule has 0 aliphatic rings. The van der Waals surface area contributed by atoms with Crippen molar-refractivity contribution in [2.45, 2.75) is 12.5 Å². The Labute approximate surface area is 118 Å². The van der Waals surface area contributed by atoms with Crippen molar-refractivity contribution in [3.05, 3.63) is 32.9 Å². The van der Waals surface area contributed by atoms with Crippen molar-refractivity contribution in [3.63, 3.8) is 0 Å². The Balaban J connectivity index is 2.21. The molecule has 0 bridgehead atoms. The van der Waals surface area contributed by atoms with Crippen LogP contribution in [-0.2, 0) is 9.84 Å². The van der Waals surface area contributed by atoms with Crippen LogP contribution in [0.2, 0.25) is 0 Å². The molecule has 4 N–H and O–H groups in total. The fourth-order valence-electron chi connectivity index (χ4n) is 1.54. The van der Waals surface area contributed by atoms with Gasteiger partial charge in [0.1, 0.15) is 15.4 Å². The smallest absolute Gasteiger partial charge is 0.325 e. The minimum Gasteiger partial charge on any atom is -0.337 e. The van der Waals surface area contributed by atoms with Gasteiger partial charge in [0.2, 0.25) is 11.7 Å². The van der Waals surface area contributed by atoms with E-state index in [4.69, 9.17) is 10.3 Å². The van der Waals surface area contributed by atoms with Gasteiger partial charge in [-0.2, -0.15) is 4.98 Å². The number of nitrogens with one attached hydrogen (secondary N) is 2. The van der Waals surface area contributed by atoms with Crippen LogP contribution >= 0.6 is 0 Å². The molecule has 0 spiro atoms. The molecule has 0 fully saturated rings. The number of sulfone groups is 1. The van der Waals surface area contributed by atoms with Gasteiger partial charge in [-0.15, -0.1) is 0 Å². The summed E-state index contributed by atoms with van der Waals surface area (Å²) in [5.41, 5.74) is 4.44. The van der Waals surface area contributed by atoms with Crippen LogP contribution in [-0.4, -0.2) is 40.5 Å². The Morgan fingerprint density at radius 1 is 1.43 bits per heavy atom. The van der Waals surface area contributed by atoms with E-state index in [1.807, 2.05) is 4.98 Å². The van der Waals surface area contributed by atoms with Crippen molar-refractivity contribution in [3.8, 4) is 11.4 Å². The molecule has 2 aromatic heterocycles. The van der Waals surface area contributed by atoms with Gasteiger partial charge < -0.3 is 15.2 Å². The summed E-state index contributed by atoms with van der Waals surface area (Å²) in [6, 6.07) is -0.761. The molecule has 114 valence electrons. The van der Waals surface area contributed by atoms with Crippen molar-refractivity contribution in [1.82, 2.24) is 20.1 Å². The van der Waals surface area contributed by atoms with E-state index in [-0.39, 0.29) is 29.5 Å². The molecule has 2 rings (SSSR count). The number of hydrogen-bond donors (Lipinski definition) is 3. The Bertz CT molecular complexity index is 849. The Morgan fingerprint density at radius 2 is 2.14 bits per heavy atom. The first-order valence-corrected chi connectivity index (χ1v) is 7.91. The molecular formula is C10H13N5O5S. The van der Waals surface area contributed by atoms with Crippen molar-refractivity contribution < 1.29 is 12.9 Å². The maximum Gasteiger partial charge on any atom is 0.325 e. The van der Waals surface area contributed by atoms with Crippen LogP contribution in [0.25, 0.3) is 11.4 Å². The van der Waals surface area contributed by atoms with Crippen molar-refractivity contribution in [2.24, 2.45) is 5.73 Å². The number of aromatic nitrogens is 4.